The maximum atomic E-state index is 4.96. The van der Waals surface area contributed by atoms with Crippen LogP contribution in [-0.4, -0.2) is 28.9 Å². The van der Waals surface area contributed by atoms with Crippen molar-refractivity contribution in [2.24, 2.45) is 4.99 Å². The first kappa shape index (κ1) is 24.2. The molecule has 0 bridgehead atoms. The molecule has 0 aromatic carbocycles. The van der Waals surface area contributed by atoms with Crippen LogP contribution in [-0.2, 0) is 0 Å². The minimum atomic E-state index is 0.113. The summed E-state index contributed by atoms with van der Waals surface area (Å²) in [4.78, 5) is 7.47. The van der Waals surface area contributed by atoms with Gasteiger partial charge in [0.2, 0.25) is 0 Å². The van der Waals surface area contributed by atoms with Gasteiger partial charge in [0.15, 0.2) is 0 Å². The van der Waals surface area contributed by atoms with Crippen LogP contribution in [0, 0.1) is 0 Å². The van der Waals surface area contributed by atoms with Gasteiger partial charge in [-0.1, -0.05) is 70.4 Å². The predicted octanol–water partition coefficient (Wildman–Crippen LogP) is 7.93. The maximum Gasteiger partial charge on any atom is 0.0999 e. The summed E-state index contributed by atoms with van der Waals surface area (Å²) >= 11 is 0. The molecular weight excluding hydrogens is 328 g/mol. The Balaban J connectivity index is 1.95. The van der Waals surface area contributed by atoms with Crippen LogP contribution in [0.25, 0.3) is 0 Å². The number of unbranched alkanes of at least 4 members (excludes halogenated alkanes) is 11. The van der Waals surface area contributed by atoms with E-state index in [-0.39, 0.29) is 5.54 Å². The van der Waals surface area contributed by atoms with Crippen molar-refractivity contribution in [1.29, 1.82) is 0 Å². The van der Waals surface area contributed by atoms with Gasteiger partial charge in [0, 0.05) is 19.0 Å². The fourth-order valence-corrected chi connectivity index (χ4v) is 3.99. The first-order chi connectivity index (χ1) is 13.0. The van der Waals surface area contributed by atoms with Gasteiger partial charge >= 0.3 is 0 Å². The summed E-state index contributed by atoms with van der Waals surface area (Å²) in [5.74, 6) is 1.35. The quantitative estimate of drug-likeness (QED) is 0.197. The van der Waals surface area contributed by atoms with Crippen LogP contribution in [0.15, 0.2) is 17.1 Å². The fraction of sp³-hybridized carbons (Fsp3) is 0.880. The molecule has 0 N–H and O–H groups in total. The summed E-state index contributed by atoms with van der Waals surface area (Å²) in [5, 5.41) is 0. The Labute approximate surface area is 170 Å². The third-order valence-corrected chi connectivity index (χ3v) is 5.61. The molecule has 1 aliphatic rings. The molecule has 0 amide bonds. The molecule has 1 rings (SSSR count). The van der Waals surface area contributed by atoms with Crippen LogP contribution in [0.1, 0.15) is 125 Å². The van der Waals surface area contributed by atoms with Crippen molar-refractivity contribution in [1.82, 2.24) is 4.90 Å². The molecule has 1 heterocycles. The second-order valence-electron chi connectivity index (χ2n) is 9.40. The molecule has 0 spiro atoms. The van der Waals surface area contributed by atoms with Gasteiger partial charge in [0.05, 0.1) is 11.4 Å². The Morgan fingerprint density at radius 2 is 1.37 bits per heavy atom. The van der Waals surface area contributed by atoms with Gasteiger partial charge in [0.25, 0.3) is 0 Å². The molecule has 27 heavy (non-hydrogen) atoms. The Bertz CT molecular complexity index is 420. The van der Waals surface area contributed by atoms with Gasteiger partial charge in [-0.25, -0.2) is 0 Å². The Morgan fingerprint density at radius 1 is 0.852 bits per heavy atom. The smallest absolute Gasteiger partial charge is 0.0999 e. The van der Waals surface area contributed by atoms with E-state index in [1.807, 2.05) is 0 Å². The van der Waals surface area contributed by atoms with Gasteiger partial charge in [-0.2, -0.15) is 0 Å². The molecule has 0 fully saturated rings. The number of hydrogen-bond acceptors (Lipinski definition) is 2. The lowest BCUT2D eigenvalue weighted by Crippen LogP contribution is -2.37. The molecule has 2 nitrogen and oxygen atoms in total. The molecule has 0 aromatic rings. The highest BCUT2D eigenvalue weighted by molar-refractivity contribution is 5.84. The zero-order valence-corrected chi connectivity index (χ0v) is 19.2. The fourth-order valence-electron chi connectivity index (χ4n) is 3.99. The molecule has 1 aliphatic heterocycles. The molecule has 0 saturated heterocycles. The van der Waals surface area contributed by atoms with Crippen molar-refractivity contribution < 1.29 is 0 Å². The molecule has 0 atom stereocenters. The molecule has 0 saturated carbocycles. The van der Waals surface area contributed by atoms with E-state index >= 15 is 0 Å². The number of amidine groups is 1. The van der Waals surface area contributed by atoms with E-state index < -0.39 is 0 Å². The van der Waals surface area contributed by atoms with E-state index in [9.17, 15) is 0 Å². The Kier molecular flexibility index (Phi) is 12.8. The molecule has 2 heteroatoms. The summed E-state index contributed by atoms with van der Waals surface area (Å²) in [7, 11) is 0. The van der Waals surface area contributed by atoms with Crippen LogP contribution in [0.5, 0.6) is 0 Å². The lowest BCUT2D eigenvalue weighted by Gasteiger charge is -2.26. The van der Waals surface area contributed by atoms with Crippen LogP contribution < -0.4 is 0 Å². The van der Waals surface area contributed by atoms with E-state index in [1.54, 1.807) is 0 Å². The zero-order valence-electron chi connectivity index (χ0n) is 19.2. The van der Waals surface area contributed by atoms with Crippen LogP contribution in [0.4, 0.5) is 0 Å². The molecule has 0 unspecified atom stereocenters. The molecule has 0 radical (unpaired) electrons. The lowest BCUT2D eigenvalue weighted by atomic mass is 10.1. The summed E-state index contributed by atoms with van der Waals surface area (Å²) in [6, 6.07) is 0.577. The number of rotatable bonds is 16. The van der Waals surface area contributed by atoms with Crippen LogP contribution in [0.3, 0.4) is 0 Å². The molecule has 0 aliphatic carbocycles. The van der Waals surface area contributed by atoms with Gasteiger partial charge in [-0.05, 0) is 59.8 Å². The number of allylic oxidation sites excluding steroid dienone is 2. The van der Waals surface area contributed by atoms with Crippen molar-refractivity contribution in [3.05, 3.63) is 12.2 Å². The van der Waals surface area contributed by atoms with E-state index in [2.05, 4.69) is 51.7 Å². The van der Waals surface area contributed by atoms with Gasteiger partial charge in [-0.3, -0.25) is 4.99 Å². The highest BCUT2D eigenvalue weighted by atomic mass is 15.3. The summed E-state index contributed by atoms with van der Waals surface area (Å²) in [5.41, 5.74) is 0.113. The third kappa shape index (κ3) is 11.6. The predicted molar refractivity (Wildman–Crippen MR) is 123 cm³/mol. The lowest BCUT2D eigenvalue weighted by molar-refractivity contribution is 0.320. The number of nitrogens with zero attached hydrogens (tertiary/aromatic N) is 2. The van der Waals surface area contributed by atoms with Crippen LogP contribution >= 0.6 is 0 Å². The van der Waals surface area contributed by atoms with Crippen molar-refractivity contribution in [2.45, 2.75) is 136 Å². The first-order valence-corrected chi connectivity index (χ1v) is 12.0. The van der Waals surface area contributed by atoms with Gasteiger partial charge in [0.1, 0.15) is 0 Å². The summed E-state index contributed by atoms with van der Waals surface area (Å²) < 4.78 is 0. The summed E-state index contributed by atoms with van der Waals surface area (Å²) in [6.07, 6.45) is 23.8. The summed E-state index contributed by atoms with van der Waals surface area (Å²) in [6.45, 7) is 12.5. The van der Waals surface area contributed by atoms with Crippen molar-refractivity contribution in [3.63, 3.8) is 0 Å². The molecule has 0 aromatic heterocycles. The normalized spacial score (nSPS) is 16.7. The van der Waals surface area contributed by atoms with Crippen LogP contribution in [0.2, 0.25) is 0 Å². The topological polar surface area (TPSA) is 15.6 Å². The molecule has 158 valence electrons. The minimum Gasteiger partial charge on any atom is -0.356 e. The average Bonchev–Trinajstić information content (AvgIpc) is 2.93. The minimum absolute atomic E-state index is 0.113. The SMILES string of the molecule is CCCCCCCC/C=C/CCCCCCCC1=NC(C)(C)CN1C(C)C. The number of aliphatic imine (C=N–C) groups is 1. The molecular formula is C25H48N2. The van der Waals surface area contributed by atoms with Gasteiger partial charge < -0.3 is 4.90 Å². The second-order valence-corrected chi connectivity index (χ2v) is 9.40. The van der Waals surface area contributed by atoms with Crippen molar-refractivity contribution >= 4 is 5.84 Å². The highest BCUT2D eigenvalue weighted by Gasteiger charge is 2.31. The monoisotopic (exact) mass is 376 g/mol. The van der Waals surface area contributed by atoms with E-state index in [4.69, 9.17) is 4.99 Å². The zero-order chi connectivity index (χ0) is 20.0. The third-order valence-electron chi connectivity index (χ3n) is 5.61. The van der Waals surface area contributed by atoms with E-state index in [0.29, 0.717) is 6.04 Å². The van der Waals surface area contributed by atoms with Crippen molar-refractivity contribution in [3.8, 4) is 0 Å². The highest BCUT2D eigenvalue weighted by Crippen LogP contribution is 2.24. The Morgan fingerprint density at radius 3 is 1.93 bits per heavy atom. The standard InChI is InChI=1S/C25H48N2/c1-6-7-8-9-10-11-12-13-14-15-16-17-18-19-20-21-24-26-25(4,5)22-27(24)23(2)3/h13-14,23H,6-12,15-22H2,1-5H3/b14-13+. The van der Waals surface area contributed by atoms with E-state index in [1.165, 1.54) is 95.7 Å². The number of hydrogen-bond donors (Lipinski definition) is 0. The van der Waals surface area contributed by atoms with Crippen molar-refractivity contribution in [2.75, 3.05) is 6.54 Å². The second kappa shape index (κ2) is 14.2. The Hall–Kier alpha value is -0.790. The van der Waals surface area contributed by atoms with Gasteiger partial charge in [-0.15, -0.1) is 0 Å². The average molecular weight is 377 g/mol. The first-order valence-electron chi connectivity index (χ1n) is 12.0. The van der Waals surface area contributed by atoms with E-state index in [0.717, 1.165) is 6.54 Å². The largest absolute Gasteiger partial charge is 0.356 e. The maximum absolute atomic E-state index is 4.96.